The molecule has 0 saturated heterocycles. The molecule has 0 unspecified atom stereocenters. The predicted molar refractivity (Wildman–Crippen MR) is 104 cm³/mol. The maximum atomic E-state index is 12.0. The molecule has 0 bridgehead atoms. The second-order valence-electron chi connectivity index (χ2n) is 5.68. The lowest BCUT2D eigenvalue weighted by Gasteiger charge is -2.08. The van der Waals surface area contributed by atoms with Crippen LogP contribution < -0.4 is 15.4 Å². The lowest BCUT2D eigenvalue weighted by molar-refractivity contribution is 0.241. The van der Waals surface area contributed by atoms with Crippen molar-refractivity contribution in [3.63, 3.8) is 0 Å². The van der Waals surface area contributed by atoms with Crippen molar-refractivity contribution < 1.29 is 9.53 Å². The molecule has 0 fully saturated rings. The fourth-order valence-corrected chi connectivity index (χ4v) is 2.70. The Kier molecular flexibility index (Phi) is 5.74. The van der Waals surface area contributed by atoms with Crippen LogP contribution in [0.3, 0.4) is 0 Å². The van der Waals surface area contributed by atoms with Crippen molar-refractivity contribution in [3.05, 3.63) is 77.9 Å². The first kappa shape index (κ1) is 17.4. The molecule has 0 spiro atoms. The second kappa shape index (κ2) is 8.59. The number of para-hydroxylation sites is 1. The first-order valence-corrected chi connectivity index (χ1v) is 8.38. The fraction of sp³-hybridized carbons (Fsp3) is 0.136. The van der Waals surface area contributed by atoms with Crippen molar-refractivity contribution in [3.8, 4) is 17.6 Å². The van der Waals surface area contributed by atoms with Crippen molar-refractivity contribution in [1.29, 1.82) is 0 Å². The molecular formula is C22H20N2O2. The number of hydrogen-bond donors (Lipinski definition) is 2. The van der Waals surface area contributed by atoms with Crippen LogP contribution in [0, 0.1) is 11.8 Å². The van der Waals surface area contributed by atoms with E-state index >= 15 is 0 Å². The number of carbonyl (C=O) groups excluding carboxylic acids is 1. The van der Waals surface area contributed by atoms with Crippen LogP contribution in [0.15, 0.2) is 66.7 Å². The summed E-state index contributed by atoms with van der Waals surface area (Å²) in [6.45, 7) is 0.729. The lowest BCUT2D eigenvalue weighted by atomic mass is 10.0. The van der Waals surface area contributed by atoms with Crippen molar-refractivity contribution in [2.75, 3.05) is 13.7 Å². The molecular weight excluding hydrogens is 324 g/mol. The van der Waals surface area contributed by atoms with E-state index in [1.165, 1.54) is 0 Å². The Labute approximate surface area is 153 Å². The van der Waals surface area contributed by atoms with E-state index in [2.05, 4.69) is 40.7 Å². The molecule has 0 aromatic heterocycles. The predicted octanol–water partition coefficient (Wildman–Crippen LogP) is 3.70. The largest absolute Gasteiger partial charge is 0.495 e. The number of benzene rings is 3. The molecule has 4 heteroatoms. The minimum Gasteiger partial charge on any atom is -0.495 e. The van der Waals surface area contributed by atoms with E-state index in [4.69, 9.17) is 4.74 Å². The average molecular weight is 344 g/mol. The van der Waals surface area contributed by atoms with Crippen LogP contribution >= 0.6 is 0 Å². The van der Waals surface area contributed by atoms with Crippen LogP contribution in [0.2, 0.25) is 0 Å². The van der Waals surface area contributed by atoms with Crippen LogP contribution in [0.4, 0.5) is 4.79 Å². The third-order valence-electron chi connectivity index (χ3n) is 3.99. The third-order valence-corrected chi connectivity index (χ3v) is 3.99. The zero-order valence-corrected chi connectivity index (χ0v) is 14.6. The van der Waals surface area contributed by atoms with Crippen molar-refractivity contribution in [1.82, 2.24) is 10.6 Å². The molecule has 3 rings (SSSR count). The molecule has 3 aromatic carbocycles. The van der Waals surface area contributed by atoms with Crippen LogP contribution in [0.5, 0.6) is 5.75 Å². The van der Waals surface area contributed by atoms with Crippen molar-refractivity contribution >= 4 is 16.8 Å². The average Bonchev–Trinajstić information content (AvgIpc) is 2.70. The van der Waals surface area contributed by atoms with Crippen LogP contribution in [-0.4, -0.2) is 19.7 Å². The highest BCUT2D eigenvalue weighted by Crippen LogP contribution is 2.18. The number of urea groups is 1. The summed E-state index contributed by atoms with van der Waals surface area (Å²) in [5.74, 6) is 6.66. The maximum Gasteiger partial charge on any atom is 0.315 e. The molecule has 3 aromatic rings. The van der Waals surface area contributed by atoms with E-state index in [9.17, 15) is 4.79 Å². The van der Waals surface area contributed by atoms with Gasteiger partial charge in [0.25, 0.3) is 0 Å². The number of nitrogens with one attached hydrogen (secondary N) is 2. The minimum absolute atomic E-state index is 0.243. The first-order chi connectivity index (χ1) is 12.8. The van der Waals surface area contributed by atoms with Gasteiger partial charge in [-0.05, 0) is 28.5 Å². The number of hydrogen-bond acceptors (Lipinski definition) is 2. The Morgan fingerprint density at radius 1 is 0.962 bits per heavy atom. The highest BCUT2D eigenvalue weighted by Gasteiger charge is 2.03. The molecule has 2 N–H and O–H groups in total. The SMILES string of the molecule is COc1ccccc1C#CCNC(=O)NCc1cccc2ccccc12. The van der Waals surface area contributed by atoms with Gasteiger partial charge in [-0.2, -0.15) is 0 Å². The molecule has 0 aliphatic rings. The topological polar surface area (TPSA) is 50.4 Å². The zero-order chi connectivity index (χ0) is 18.2. The molecule has 0 aliphatic heterocycles. The summed E-state index contributed by atoms with van der Waals surface area (Å²) < 4.78 is 5.24. The van der Waals surface area contributed by atoms with E-state index in [-0.39, 0.29) is 12.6 Å². The number of amides is 2. The summed E-state index contributed by atoms with van der Waals surface area (Å²) in [5, 5.41) is 7.92. The summed E-state index contributed by atoms with van der Waals surface area (Å²) in [6, 6.07) is 21.5. The Hall–Kier alpha value is -3.45. The Balaban J connectivity index is 1.53. The number of carbonyl (C=O) groups is 1. The standard InChI is InChI=1S/C22H20N2O2/c1-26-21-14-5-3-9-18(21)12-7-15-23-22(25)24-16-19-11-6-10-17-8-2-4-13-20(17)19/h2-6,8-11,13-14H,15-16H2,1H3,(H2,23,24,25). The van der Waals surface area contributed by atoms with Crippen LogP contribution in [-0.2, 0) is 6.54 Å². The quantitative estimate of drug-likeness (QED) is 0.709. The molecule has 0 saturated carbocycles. The second-order valence-corrected chi connectivity index (χ2v) is 5.68. The summed E-state index contributed by atoms with van der Waals surface area (Å²) in [5.41, 5.74) is 1.88. The molecule has 0 radical (unpaired) electrons. The highest BCUT2D eigenvalue weighted by atomic mass is 16.5. The van der Waals surface area contributed by atoms with E-state index < -0.39 is 0 Å². The van der Waals surface area contributed by atoms with Crippen LogP contribution in [0.1, 0.15) is 11.1 Å². The minimum atomic E-state index is -0.243. The summed E-state index contributed by atoms with van der Waals surface area (Å²) in [4.78, 5) is 12.0. The van der Waals surface area contributed by atoms with E-state index in [1.54, 1.807) is 7.11 Å². The van der Waals surface area contributed by atoms with Gasteiger partial charge in [0.15, 0.2) is 0 Å². The molecule has 26 heavy (non-hydrogen) atoms. The molecule has 0 atom stereocenters. The highest BCUT2D eigenvalue weighted by molar-refractivity contribution is 5.86. The molecule has 0 heterocycles. The zero-order valence-electron chi connectivity index (χ0n) is 14.6. The van der Waals surface area contributed by atoms with E-state index in [1.807, 2.05) is 48.5 Å². The first-order valence-electron chi connectivity index (χ1n) is 8.38. The summed E-state index contributed by atoms with van der Waals surface area (Å²) in [7, 11) is 1.61. The number of ether oxygens (including phenoxy) is 1. The number of methoxy groups -OCH3 is 1. The maximum absolute atomic E-state index is 12.0. The van der Waals surface area contributed by atoms with Gasteiger partial charge in [-0.3, -0.25) is 0 Å². The van der Waals surface area contributed by atoms with Gasteiger partial charge in [0.1, 0.15) is 5.75 Å². The third kappa shape index (κ3) is 4.34. The van der Waals surface area contributed by atoms with Gasteiger partial charge in [-0.25, -0.2) is 4.79 Å². The van der Waals surface area contributed by atoms with Gasteiger partial charge in [-0.1, -0.05) is 66.4 Å². The normalized spacial score (nSPS) is 9.88. The molecule has 4 nitrogen and oxygen atoms in total. The van der Waals surface area contributed by atoms with Gasteiger partial charge >= 0.3 is 6.03 Å². The Bertz CT molecular complexity index is 965. The van der Waals surface area contributed by atoms with E-state index in [0.717, 1.165) is 27.6 Å². The van der Waals surface area contributed by atoms with Crippen LogP contribution in [0.25, 0.3) is 10.8 Å². The lowest BCUT2D eigenvalue weighted by Crippen LogP contribution is -2.35. The Morgan fingerprint density at radius 3 is 2.62 bits per heavy atom. The fourth-order valence-electron chi connectivity index (χ4n) is 2.70. The molecule has 130 valence electrons. The Morgan fingerprint density at radius 2 is 1.73 bits per heavy atom. The molecule has 2 amide bonds. The number of rotatable bonds is 4. The van der Waals surface area contributed by atoms with Gasteiger partial charge in [0, 0.05) is 6.54 Å². The number of fused-ring (bicyclic) bond motifs is 1. The van der Waals surface area contributed by atoms with Gasteiger partial charge < -0.3 is 15.4 Å². The van der Waals surface area contributed by atoms with E-state index in [0.29, 0.717) is 6.54 Å². The van der Waals surface area contributed by atoms with Gasteiger partial charge in [0.05, 0.1) is 19.2 Å². The molecule has 0 aliphatic carbocycles. The van der Waals surface area contributed by atoms with Gasteiger partial charge in [-0.15, -0.1) is 0 Å². The summed E-state index contributed by atoms with van der Waals surface area (Å²) >= 11 is 0. The van der Waals surface area contributed by atoms with Gasteiger partial charge in [0.2, 0.25) is 0 Å². The summed E-state index contributed by atoms with van der Waals surface area (Å²) in [6.07, 6.45) is 0. The monoisotopic (exact) mass is 344 g/mol. The van der Waals surface area contributed by atoms with Crippen molar-refractivity contribution in [2.24, 2.45) is 0 Å². The smallest absolute Gasteiger partial charge is 0.315 e. The van der Waals surface area contributed by atoms with Crippen molar-refractivity contribution in [2.45, 2.75) is 6.54 Å².